The standard InChI is InChI=1S/C36H37F10O3P5/c1-30(37,31(2,50)34(40,41)42)18-47-27-13-11-24(12-14-27)23-5-3-21(4-6-23)22-7-9-25(10-8-22)26-15-28(48-19-32(38,51)35(43,44)53)17-29(16-26)49-20-33(39,52)36(45,46)54/h3-17H,18-20,50-54H2,1-2H3. The van der Waals surface area contributed by atoms with Crippen LogP contribution < -0.4 is 14.2 Å². The molecule has 0 fully saturated rings. The van der Waals surface area contributed by atoms with Crippen LogP contribution in [-0.4, -0.2) is 59.0 Å². The first-order chi connectivity index (χ1) is 24.6. The van der Waals surface area contributed by atoms with E-state index in [1.54, 1.807) is 36.4 Å². The number of benzene rings is 4. The Balaban J connectivity index is 1.50. The summed E-state index contributed by atoms with van der Waals surface area (Å²) in [5, 5.41) is -9.05. The van der Waals surface area contributed by atoms with Crippen molar-refractivity contribution in [3.05, 3.63) is 91.0 Å². The number of hydrogen-bond acceptors (Lipinski definition) is 3. The van der Waals surface area contributed by atoms with Crippen LogP contribution in [0.2, 0.25) is 0 Å². The van der Waals surface area contributed by atoms with Crippen LogP contribution in [0.4, 0.5) is 43.9 Å². The Morgan fingerprint density at radius 2 is 0.704 bits per heavy atom. The Kier molecular flexibility index (Phi) is 13.4. The molecule has 0 aliphatic heterocycles. The average molecular weight is 863 g/mol. The Morgan fingerprint density at radius 1 is 0.407 bits per heavy atom. The van der Waals surface area contributed by atoms with Gasteiger partial charge in [0.15, 0.2) is 5.67 Å². The van der Waals surface area contributed by atoms with E-state index < -0.39 is 59.0 Å². The summed E-state index contributed by atoms with van der Waals surface area (Å²) in [7, 11) is 6.51. The molecular weight excluding hydrogens is 825 g/mol. The first-order valence-electron chi connectivity index (χ1n) is 15.8. The predicted octanol–water partition coefficient (Wildman–Crippen LogP) is 11.8. The summed E-state index contributed by atoms with van der Waals surface area (Å²) in [4.78, 5) is 0. The molecule has 0 aliphatic rings. The maximum atomic E-state index is 15.0. The molecule has 0 heterocycles. The molecule has 0 bridgehead atoms. The van der Waals surface area contributed by atoms with Gasteiger partial charge in [-0.1, -0.05) is 97.6 Å². The fourth-order valence-corrected chi connectivity index (χ4v) is 5.01. The molecule has 0 N–H and O–H groups in total. The molecule has 4 aromatic carbocycles. The lowest BCUT2D eigenvalue weighted by atomic mass is 9.91. The first kappa shape index (κ1) is 44.4. The van der Waals surface area contributed by atoms with Crippen molar-refractivity contribution in [2.45, 2.75) is 53.0 Å². The summed E-state index contributed by atoms with van der Waals surface area (Å²) in [6.07, 6.45) is -4.80. The fourth-order valence-electron chi connectivity index (χ4n) is 4.59. The van der Waals surface area contributed by atoms with E-state index >= 15 is 0 Å². The van der Waals surface area contributed by atoms with Crippen LogP contribution in [-0.2, 0) is 0 Å². The third kappa shape index (κ3) is 10.6. The third-order valence-electron chi connectivity index (χ3n) is 8.69. The van der Waals surface area contributed by atoms with Gasteiger partial charge in [-0.3, -0.25) is 0 Å². The summed E-state index contributed by atoms with van der Waals surface area (Å²) >= 11 is 0. The number of hydrogen-bond donors (Lipinski definition) is 0. The Morgan fingerprint density at radius 3 is 1.02 bits per heavy atom. The fraction of sp³-hybridized carbons (Fsp3) is 0.333. The number of halogens is 10. The van der Waals surface area contributed by atoms with Gasteiger partial charge in [0.25, 0.3) is 11.3 Å². The van der Waals surface area contributed by atoms with Crippen LogP contribution in [0, 0.1) is 0 Å². The second-order valence-corrected chi connectivity index (χ2v) is 17.5. The van der Waals surface area contributed by atoms with Gasteiger partial charge in [0, 0.05) is 6.07 Å². The second-order valence-electron chi connectivity index (χ2n) is 13.1. The minimum Gasteiger partial charge on any atom is -0.490 e. The van der Waals surface area contributed by atoms with Crippen molar-refractivity contribution in [2.75, 3.05) is 19.8 Å². The molecule has 0 saturated heterocycles. The van der Waals surface area contributed by atoms with Crippen LogP contribution in [0.1, 0.15) is 13.8 Å². The summed E-state index contributed by atoms with van der Waals surface area (Å²) in [5.41, 5.74) is -6.36. The highest BCUT2D eigenvalue weighted by atomic mass is 31.0. The molecule has 294 valence electrons. The van der Waals surface area contributed by atoms with Crippen LogP contribution in [0.3, 0.4) is 0 Å². The van der Waals surface area contributed by atoms with Crippen molar-refractivity contribution >= 4 is 46.2 Å². The normalized spacial score (nSPS) is 17.1. The van der Waals surface area contributed by atoms with E-state index in [2.05, 4.69) is 0 Å². The molecule has 0 aromatic heterocycles. The van der Waals surface area contributed by atoms with Gasteiger partial charge in [-0.05, 0) is 71.5 Å². The highest BCUT2D eigenvalue weighted by molar-refractivity contribution is 7.24. The second kappa shape index (κ2) is 16.3. The van der Waals surface area contributed by atoms with E-state index in [0.29, 0.717) is 11.1 Å². The number of rotatable bonds is 15. The van der Waals surface area contributed by atoms with Crippen molar-refractivity contribution in [3.63, 3.8) is 0 Å². The molecule has 18 heteroatoms. The lowest BCUT2D eigenvalue weighted by Gasteiger charge is -2.38. The zero-order valence-corrected chi connectivity index (χ0v) is 34.4. The quantitative estimate of drug-likeness (QED) is 0.0880. The number of ether oxygens (including phenoxy) is 3. The van der Waals surface area contributed by atoms with E-state index in [1.807, 2.05) is 24.3 Å². The third-order valence-corrected chi connectivity index (χ3v) is 12.4. The van der Waals surface area contributed by atoms with Gasteiger partial charge in [0.1, 0.15) is 42.2 Å². The van der Waals surface area contributed by atoms with Crippen molar-refractivity contribution in [1.29, 1.82) is 0 Å². The van der Waals surface area contributed by atoms with Gasteiger partial charge in [0.05, 0.1) is 0 Å². The molecule has 0 amide bonds. The van der Waals surface area contributed by atoms with Gasteiger partial charge >= 0.3 is 6.18 Å². The van der Waals surface area contributed by atoms with Crippen molar-refractivity contribution in [2.24, 2.45) is 0 Å². The van der Waals surface area contributed by atoms with Gasteiger partial charge in [-0.2, -0.15) is 30.7 Å². The van der Waals surface area contributed by atoms with Gasteiger partial charge < -0.3 is 14.2 Å². The Bertz CT molecular complexity index is 1830. The SMILES string of the molecule is CC(F)(COc1ccc(-c2ccc(-c3ccc(-c4cc(OCC(F)(P)C(F)(F)P)cc(OCC(F)(P)C(F)(F)P)c4)cc3)cc2)cc1)C(C)(P)C(F)(F)F. The predicted molar refractivity (Wildman–Crippen MR) is 209 cm³/mol. The van der Waals surface area contributed by atoms with E-state index in [4.69, 9.17) is 14.2 Å². The molecule has 0 saturated carbocycles. The smallest absolute Gasteiger partial charge is 0.400 e. The minimum absolute atomic E-state index is 0.142. The summed E-state index contributed by atoms with van der Waals surface area (Å²) in [6, 6.07) is 24.7. The van der Waals surface area contributed by atoms with E-state index in [9.17, 15) is 43.9 Å². The topological polar surface area (TPSA) is 27.7 Å². The van der Waals surface area contributed by atoms with Crippen LogP contribution in [0.15, 0.2) is 91.0 Å². The lowest BCUT2D eigenvalue weighted by molar-refractivity contribution is -0.189. The largest absolute Gasteiger partial charge is 0.490 e. The van der Waals surface area contributed by atoms with E-state index in [-0.39, 0.29) is 17.2 Å². The van der Waals surface area contributed by atoms with Crippen molar-refractivity contribution < 1.29 is 58.1 Å². The summed E-state index contributed by atoms with van der Waals surface area (Å²) < 4.78 is 155. The van der Waals surface area contributed by atoms with Gasteiger partial charge in [0.2, 0.25) is 10.8 Å². The first-order valence-corrected chi connectivity index (χ1v) is 18.7. The van der Waals surface area contributed by atoms with Crippen LogP contribution >= 0.6 is 46.2 Å². The molecule has 0 aliphatic carbocycles. The zero-order valence-electron chi connectivity index (χ0n) is 28.7. The van der Waals surface area contributed by atoms with Crippen LogP contribution in [0.5, 0.6) is 17.2 Å². The zero-order chi connectivity index (χ0) is 40.5. The van der Waals surface area contributed by atoms with Gasteiger partial charge in [-0.15, -0.1) is 9.24 Å². The maximum Gasteiger partial charge on any atom is 0.400 e. The highest BCUT2D eigenvalue weighted by Gasteiger charge is 2.60. The maximum absolute atomic E-state index is 15.0. The molecular formula is C36H37F10O3P5. The Hall–Kier alpha value is -2.27. The molecule has 4 rings (SSSR count). The van der Waals surface area contributed by atoms with Crippen molar-refractivity contribution in [3.8, 4) is 50.6 Å². The highest BCUT2D eigenvalue weighted by Crippen LogP contribution is 2.48. The van der Waals surface area contributed by atoms with E-state index in [0.717, 1.165) is 60.6 Å². The van der Waals surface area contributed by atoms with Gasteiger partial charge in [-0.25, -0.2) is 13.2 Å². The summed E-state index contributed by atoms with van der Waals surface area (Å²) in [5.74, 6) is -0.0884. The molecule has 0 radical (unpaired) electrons. The molecule has 9 atom stereocenters. The minimum atomic E-state index is -4.80. The molecule has 0 spiro atoms. The summed E-state index contributed by atoms with van der Waals surface area (Å²) in [6.45, 7) is -1.44. The van der Waals surface area contributed by atoms with Crippen LogP contribution in [0.25, 0.3) is 33.4 Å². The number of alkyl halides is 10. The van der Waals surface area contributed by atoms with Crippen molar-refractivity contribution in [1.82, 2.24) is 0 Å². The monoisotopic (exact) mass is 862 g/mol. The Labute approximate surface area is 318 Å². The lowest BCUT2D eigenvalue weighted by Crippen LogP contribution is -2.55. The molecule has 54 heavy (non-hydrogen) atoms. The molecule has 9 unspecified atom stereocenters. The molecule has 3 nitrogen and oxygen atoms in total. The average Bonchev–Trinajstić information content (AvgIpc) is 3.08. The molecule has 4 aromatic rings. The van der Waals surface area contributed by atoms with E-state index in [1.165, 1.54) is 52.0 Å².